The van der Waals surface area contributed by atoms with Crippen molar-refractivity contribution in [3.63, 3.8) is 0 Å². The third-order valence-electron chi connectivity index (χ3n) is 2.60. The molecular weight excluding hydrogens is 315 g/mol. The van der Waals surface area contributed by atoms with Crippen LogP contribution in [0.1, 0.15) is 15.9 Å². The molecule has 0 saturated carbocycles. The second kappa shape index (κ2) is 6.22. The van der Waals surface area contributed by atoms with Crippen LogP contribution in [0.2, 0.25) is 10.0 Å². The lowest BCUT2D eigenvalue weighted by Gasteiger charge is -2.10. The van der Waals surface area contributed by atoms with Crippen LogP contribution in [0.15, 0.2) is 42.5 Å². The molecule has 0 saturated heterocycles. The average molecular weight is 325 g/mol. The van der Waals surface area contributed by atoms with E-state index < -0.39 is 0 Å². The summed E-state index contributed by atoms with van der Waals surface area (Å²) >= 11 is 16.6. The number of thiocarbonyl (C=S) groups is 1. The van der Waals surface area contributed by atoms with E-state index in [2.05, 4.69) is 5.32 Å². The standard InChI is InChI=1S/C14H10Cl2N2OS/c15-9-3-1-8(2-4-9)14(19)18-12-7-10(16)5-6-11(12)13(17)20/h1-7H,(H2,17,20)(H,18,19). The number of amides is 1. The van der Waals surface area contributed by atoms with Gasteiger partial charge in [0.2, 0.25) is 0 Å². The van der Waals surface area contributed by atoms with Gasteiger partial charge in [-0.05, 0) is 42.5 Å². The highest BCUT2D eigenvalue weighted by molar-refractivity contribution is 7.80. The Bertz CT molecular complexity index is 671. The van der Waals surface area contributed by atoms with Crippen LogP contribution in [0, 0.1) is 0 Å². The molecule has 0 atom stereocenters. The summed E-state index contributed by atoms with van der Waals surface area (Å²) in [6, 6.07) is 11.5. The third-order valence-corrected chi connectivity index (χ3v) is 3.31. The largest absolute Gasteiger partial charge is 0.389 e. The Morgan fingerprint density at radius 1 is 1.05 bits per heavy atom. The molecule has 0 radical (unpaired) electrons. The number of hydrogen-bond donors (Lipinski definition) is 2. The summed E-state index contributed by atoms with van der Waals surface area (Å²) in [5.41, 5.74) is 7.13. The molecule has 2 rings (SSSR count). The quantitative estimate of drug-likeness (QED) is 0.842. The van der Waals surface area contributed by atoms with Gasteiger partial charge in [0.05, 0.1) is 5.69 Å². The lowest BCUT2D eigenvalue weighted by Crippen LogP contribution is -2.17. The Morgan fingerprint density at radius 3 is 2.25 bits per heavy atom. The van der Waals surface area contributed by atoms with E-state index in [0.717, 1.165) is 0 Å². The van der Waals surface area contributed by atoms with Gasteiger partial charge in [0.15, 0.2) is 0 Å². The highest BCUT2D eigenvalue weighted by atomic mass is 35.5. The van der Waals surface area contributed by atoms with E-state index in [1.54, 1.807) is 42.5 Å². The van der Waals surface area contributed by atoms with Crippen molar-refractivity contribution in [1.82, 2.24) is 0 Å². The highest BCUT2D eigenvalue weighted by Crippen LogP contribution is 2.22. The molecule has 0 aliphatic rings. The molecule has 2 aromatic carbocycles. The van der Waals surface area contributed by atoms with Gasteiger partial charge in [-0.3, -0.25) is 4.79 Å². The Hall–Kier alpha value is -1.62. The fraction of sp³-hybridized carbons (Fsp3) is 0. The van der Waals surface area contributed by atoms with Crippen LogP contribution in [0.5, 0.6) is 0 Å². The molecule has 0 fully saturated rings. The van der Waals surface area contributed by atoms with Gasteiger partial charge in [0.25, 0.3) is 5.91 Å². The smallest absolute Gasteiger partial charge is 0.255 e. The molecule has 3 N–H and O–H groups in total. The minimum Gasteiger partial charge on any atom is -0.389 e. The second-order valence-electron chi connectivity index (χ2n) is 4.02. The number of rotatable bonds is 3. The molecule has 0 aliphatic heterocycles. The summed E-state index contributed by atoms with van der Waals surface area (Å²) in [6.07, 6.45) is 0. The Morgan fingerprint density at radius 2 is 1.65 bits per heavy atom. The zero-order valence-corrected chi connectivity index (χ0v) is 12.5. The van der Waals surface area contributed by atoms with Gasteiger partial charge in [0, 0.05) is 21.2 Å². The maximum Gasteiger partial charge on any atom is 0.255 e. The molecule has 1 amide bonds. The van der Waals surface area contributed by atoms with Crippen molar-refractivity contribution in [3.8, 4) is 0 Å². The number of nitrogens with two attached hydrogens (primary N) is 1. The molecule has 0 unspecified atom stereocenters. The minimum absolute atomic E-state index is 0.188. The van der Waals surface area contributed by atoms with Crippen LogP contribution < -0.4 is 11.1 Å². The van der Waals surface area contributed by atoms with Gasteiger partial charge in [-0.15, -0.1) is 0 Å². The van der Waals surface area contributed by atoms with Gasteiger partial charge >= 0.3 is 0 Å². The fourth-order valence-electron chi connectivity index (χ4n) is 1.63. The molecular formula is C14H10Cl2N2OS. The molecule has 0 aromatic heterocycles. The van der Waals surface area contributed by atoms with Gasteiger partial charge < -0.3 is 11.1 Å². The van der Waals surface area contributed by atoms with Gasteiger partial charge in [-0.2, -0.15) is 0 Å². The number of benzene rings is 2. The lowest BCUT2D eigenvalue weighted by atomic mass is 10.1. The van der Waals surface area contributed by atoms with Crippen LogP contribution >= 0.6 is 35.4 Å². The summed E-state index contributed by atoms with van der Waals surface area (Å²) < 4.78 is 0. The Balaban J connectivity index is 2.29. The summed E-state index contributed by atoms with van der Waals surface area (Å²) in [7, 11) is 0. The van der Waals surface area contributed by atoms with E-state index >= 15 is 0 Å². The van der Waals surface area contributed by atoms with Crippen molar-refractivity contribution in [2.45, 2.75) is 0 Å². The van der Waals surface area contributed by atoms with E-state index in [1.165, 1.54) is 0 Å². The number of halogens is 2. The summed E-state index contributed by atoms with van der Waals surface area (Å²) in [6.45, 7) is 0. The predicted molar refractivity (Wildman–Crippen MR) is 86.7 cm³/mol. The number of hydrogen-bond acceptors (Lipinski definition) is 2. The molecule has 3 nitrogen and oxygen atoms in total. The van der Waals surface area contributed by atoms with Crippen LogP contribution in [0.25, 0.3) is 0 Å². The van der Waals surface area contributed by atoms with Gasteiger partial charge in [-0.1, -0.05) is 35.4 Å². The summed E-state index contributed by atoms with van der Waals surface area (Å²) in [5, 5.41) is 3.78. The molecule has 20 heavy (non-hydrogen) atoms. The van der Waals surface area contributed by atoms with Gasteiger partial charge in [0.1, 0.15) is 4.99 Å². The number of carbonyl (C=O) groups excluding carboxylic acids is 1. The van der Waals surface area contributed by atoms with Crippen LogP contribution in [-0.4, -0.2) is 10.9 Å². The van der Waals surface area contributed by atoms with Gasteiger partial charge in [-0.25, -0.2) is 0 Å². The molecule has 0 heterocycles. The van der Waals surface area contributed by atoms with E-state index in [9.17, 15) is 4.79 Å². The van der Waals surface area contributed by atoms with Crippen molar-refractivity contribution in [1.29, 1.82) is 0 Å². The molecule has 6 heteroatoms. The first-order valence-corrected chi connectivity index (χ1v) is 6.80. The third kappa shape index (κ3) is 3.48. The zero-order valence-electron chi connectivity index (χ0n) is 10.2. The number of anilines is 1. The van der Waals surface area contributed by atoms with E-state index in [4.69, 9.17) is 41.2 Å². The molecule has 102 valence electrons. The summed E-state index contributed by atoms with van der Waals surface area (Å²) in [5.74, 6) is -0.290. The normalized spacial score (nSPS) is 10.1. The van der Waals surface area contributed by atoms with Crippen LogP contribution in [0.4, 0.5) is 5.69 Å². The fourth-order valence-corrected chi connectivity index (χ4v) is 2.11. The molecule has 0 aliphatic carbocycles. The first kappa shape index (κ1) is 14.8. The Labute approximate surface area is 131 Å². The minimum atomic E-state index is -0.290. The summed E-state index contributed by atoms with van der Waals surface area (Å²) in [4.78, 5) is 12.3. The van der Waals surface area contributed by atoms with Crippen molar-refractivity contribution in [3.05, 3.63) is 63.6 Å². The molecule has 0 spiro atoms. The van der Waals surface area contributed by atoms with Crippen LogP contribution in [0.3, 0.4) is 0 Å². The maximum atomic E-state index is 12.1. The van der Waals surface area contributed by atoms with E-state index in [0.29, 0.717) is 26.9 Å². The SMILES string of the molecule is NC(=S)c1ccc(Cl)cc1NC(=O)c1ccc(Cl)cc1. The lowest BCUT2D eigenvalue weighted by molar-refractivity contribution is 0.102. The van der Waals surface area contributed by atoms with Crippen LogP contribution in [-0.2, 0) is 0 Å². The second-order valence-corrected chi connectivity index (χ2v) is 5.33. The number of nitrogens with one attached hydrogen (secondary N) is 1. The van der Waals surface area contributed by atoms with Crippen molar-refractivity contribution in [2.24, 2.45) is 5.73 Å². The van der Waals surface area contributed by atoms with Crippen molar-refractivity contribution < 1.29 is 4.79 Å². The van der Waals surface area contributed by atoms with E-state index in [1.807, 2.05) is 0 Å². The monoisotopic (exact) mass is 324 g/mol. The van der Waals surface area contributed by atoms with E-state index in [-0.39, 0.29) is 10.9 Å². The Kier molecular flexibility index (Phi) is 4.60. The highest BCUT2D eigenvalue weighted by Gasteiger charge is 2.11. The molecule has 0 bridgehead atoms. The van der Waals surface area contributed by atoms with Crippen molar-refractivity contribution >= 4 is 52.0 Å². The zero-order chi connectivity index (χ0) is 14.7. The van der Waals surface area contributed by atoms with Crippen molar-refractivity contribution in [2.75, 3.05) is 5.32 Å². The topological polar surface area (TPSA) is 55.1 Å². The number of carbonyl (C=O) groups is 1. The predicted octanol–water partition coefficient (Wildman–Crippen LogP) is 3.88. The first-order chi connectivity index (χ1) is 9.47. The first-order valence-electron chi connectivity index (χ1n) is 5.63. The average Bonchev–Trinajstić information content (AvgIpc) is 2.39. The molecule has 2 aromatic rings. The maximum absolute atomic E-state index is 12.1.